The molecule has 0 fully saturated rings. The molecule has 0 radical (unpaired) electrons. The highest BCUT2D eigenvalue weighted by Crippen LogP contribution is 2.47. The number of methoxy groups -OCH3 is 2. The molecule has 0 spiro atoms. The zero-order chi connectivity index (χ0) is 29.3. The summed E-state index contributed by atoms with van der Waals surface area (Å²) in [5.41, 5.74) is 4.58. The number of fused-ring (bicyclic) bond motifs is 1. The van der Waals surface area contributed by atoms with Crippen LogP contribution in [-0.2, 0) is 24.4 Å². The van der Waals surface area contributed by atoms with Crippen molar-refractivity contribution in [3.05, 3.63) is 110 Å². The Balaban J connectivity index is 1.73. The minimum absolute atomic E-state index is 0.0807. The minimum Gasteiger partial charge on any atom is -0.497 e. The number of ether oxygens (including phenoxy) is 2. The van der Waals surface area contributed by atoms with Gasteiger partial charge in [-0.15, -0.1) is 0 Å². The summed E-state index contributed by atoms with van der Waals surface area (Å²) >= 11 is 20.0. The second-order valence-corrected chi connectivity index (χ2v) is 10.6. The maximum absolute atomic E-state index is 14.2. The van der Waals surface area contributed by atoms with Gasteiger partial charge >= 0.3 is 12.0 Å². The van der Waals surface area contributed by atoms with Gasteiger partial charge in [-0.1, -0.05) is 65.1 Å². The van der Waals surface area contributed by atoms with Crippen molar-refractivity contribution in [3.8, 4) is 16.9 Å². The summed E-state index contributed by atoms with van der Waals surface area (Å²) in [6, 6.07) is 20.9. The predicted molar refractivity (Wildman–Crippen MR) is 160 cm³/mol. The fourth-order valence-electron chi connectivity index (χ4n) is 4.90. The normalized spacial score (nSPS) is 12.8. The van der Waals surface area contributed by atoms with Crippen LogP contribution in [-0.4, -0.2) is 36.2 Å². The molecule has 5 rings (SSSR count). The third-order valence-corrected chi connectivity index (χ3v) is 7.78. The molecule has 0 saturated heterocycles. The van der Waals surface area contributed by atoms with Gasteiger partial charge in [0.1, 0.15) is 5.75 Å². The molecule has 7 nitrogen and oxygen atoms in total. The lowest BCUT2D eigenvalue weighted by atomic mass is 9.93. The Hall–Kier alpha value is -3.75. The summed E-state index contributed by atoms with van der Waals surface area (Å²) in [6.45, 7) is 0.251. The number of anilines is 2. The molecule has 0 aromatic heterocycles. The van der Waals surface area contributed by atoms with Gasteiger partial charge in [0.2, 0.25) is 0 Å². The maximum Gasteiger partial charge on any atom is 0.337 e. The van der Waals surface area contributed by atoms with Crippen LogP contribution in [0, 0.1) is 0 Å². The van der Waals surface area contributed by atoms with E-state index in [4.69, 9.17) is 44.3 Å². The lowest BCUT2D eigenvalue weighted by Crippen LogP contribution is -2.44. The SMILES string of the molecule is COC(=O)c1cc(Cl)c(N2C(=O)N(Cc3ccc(OC)cc3)Cc3c(-c4ccccc4Cl)cc(CO)cc32)c(Cl)c1. The molecule has 4 aromatic carbocycles. The number of amides is 2. The van der Waals surface area contributed by atoms with E-state index in [9.17, 15) is 14.7 Å². The molecule has 1 N–H and O–H groups in total. The van der Waals surface area contributed by atoms with E-state index in [0.29, 0.717) is 22.0 Å². The summed E-state index contributed by atoms with van der Waals surface area (Å²) in [7, 11) is 2.85. The van der Waals surface area contributed by atoms with Crippen LogP contribution in [0.3, 0.4) is 0 Å². The first-order chi connectivity index (χ1) is 19.7. The van der Waals surface area contributed by atoms with Crippen LogP contribution in [0.1, 0.15) is 27.0 Å². The molecule has 10 heteroatoms. The fraction of sp³-hybridized carbons (Fsp3) is 0.161. The number of aliphatic hydroxyl groups is 1. The average molecular weight is 612 g/mol. The largest absolute Gasteiger partial charge is 0.497 e. The van der Waals surface area contributed by atoms with E-state index in [-0.39, 0.29) is 47.0 Å². The summed E-state index contributed by atoms with van der Waals surface area (Å²) < 4.78 is 10.1. The van der Waals surface area contributed by atoms with Crippen molar-refractivity contribution in [1.82, 2.24) is 4.90 Å². The molecular formula is C31H25Cl3N2O5. The Morgan fingerprint density at radius 2 is 1.56 bits per heavy atom. The molecule has 1 heterocycles. The highest BCUT2D eigenvalue weighted by molar-refractivity contribution is 6.41. The first-order valence-corrected chi connectivity index (χ1v) is 13.7. The second-order valence-electron chi connectivity index (χ2n) is 9.38. The number of benzene rings is 4. The molecule has 0 bridgehead atoms. The second kappa shape index (κ2) is 12.0. The standard InChI is InChI=1S/C31H25Cl3N2O5/c1-40-21-9-7-18(8-10-21)15-35-16-24-23(22-5-3-4-6-25(22)32)11-19(17-37)12-28(24)36(31(35)39)29-26(33)13-20(14-27(29)34)30(38)41-2/h3-14,37H,15-17H2,1-2H3. The van der Waals surface area contributed by atoms with E-state index in [1.54, 1.807) is 24.1 Å². The monoisotopic (exact) mass is 610 g/mol. The quantitative estimate of drug-likeness (QED) is 0.215. The molecule has 0 unspecified atom stereocenters. The third kappa shape index (κ3) is 5.59. The molecule has 0 saturated carbocycles. The van der Waals surface area contributed by atoms with Crippen LogP contribution in [0.4, 0.5) is 16.2 Å². The maximum atomic E-state index is 14.2. The molecule has 1 aliphatic rings. The fourth-order valence-corrected chi connectivity index (χ4v) is 5.79. The van der Waals surface area contributed by atoms with E-state index < -0.39 is 5.97 Å². The number of rotatable bonds is 7. The van der Waals surface area contributed by atoms with Gasteiger partial charge in [-0.3, -0.25) is 4.90 Å². The average Bonchev–Trinajstić information content (AvgIpc) is 2.98. The van der Waals surface area contributed by atoms with Crippen LogP contribution >= 0.6 is 34.8 Å². The summed E-state index contributed by atoms with van der Waals surface area (Å²) in [4.78, 5) is 29.5. The van der Waals surface area contributed by atoms with Crippen molar-refractivity contribution in [2.45, 2.75) is 19.7 Å². The Morgan fingerprint density at radius 1 is 0.878 bits per heavy atom. The number of hydrogen-bond donors (Lipinski definition) is 1. The molecule has 41 heavy (non-hydrogen) atoms. The zero-order valence-corrected chi connectivity index (χ0v) is 24.4. The summed E-state index contributed by atoms with van der Waals surface area (Å²) in [6.07, 6.45) is 0. The number of carbonyl (C=O) groups is 2. The molecule has 1 aliphatic heterocycles. The van der Waals surface area contributed by atoms with Gasteiger partial charge in [0.25, 0.3) is 0 Å². The Morgan fingerprint density at radius 3 is 2.17 bits per heavy atom. The van der Waals surface area contributed by atoms with Gasteiger partial charge in [-0.05, 0) is 59.2 Å². The number of nitrogens with zero attached hydrogens (tertiary/aromatic N) is 2. The lowest BCUT2D eigenvalue weighted by molar-refractivity contribution is 0.0600. The minimum atomic E-state index is -0.615. The smallest absolute Gasteiger partial charge is 0.337 e. The van der Waals surface area contributed by atoms with Crippen molar-refractivity contribution in [1.29, 1.82) is 0 Å². The topological polar surface area (TPSA) is 79.3 Å². The lowest BCUT2D eigenvalue weighted by Gasteiger charge is -2.39. The molecular weight excluding hydrogens is 587 g/mol. The molecule has 4 aromatic rings. The van der Waals surface area contributed by atoms with E-state index in [2.05, 4.69) is 0 Å². The number of aliphatic hydroxyl groups excluding tert-OH is 1. The first-order valence-electron chi connectivity index (χ1n) is 12.6. The Bertz CT molecular complexity index is 1620. The van der Waals surface area contributed by atoms with Crippen LogP contribution in [0.25, 0.3) is 11.1 Å². The number of urea groups is 1. The van der Waals surface area contributed by atoms with Crippen molar-refractivity contribution >= 4 is 58.2 Å². The van der Waals surface area contributed by atoms with E-state index in [0.717, 1.165) is 22.3 Å². The predicted octanol–water partition coefficient (Wildman–Crippen LogP) is 7.88. The van der Waals surface area contributed by atoms with Crippen LogP contribution in [0.5, 0.6) is 5.75 Å². The highest BCUT2D eigenvalue weighted by atomic mass is 35.5. The molecule has 210 valence electrons. The van der Waals surface area contributed by atoms with Crippen molar-refractivity contribution < 1.29 is 24.2 Å². The molecule has 0 aliphatic carbocycles. The highest BCUT2D eigenvalue weighted by Gasteiger charge is 2.36. The number of hydrogen-bond acceptors (Lipinski definition) is 5. The molecule has 0 atom stereocenters. The number of halogens is 3. The third-order valence-electron chi connectivity index (χ3n) is 6.88. The first kappa shape index (κ1) is 28.8. The van der Waals surface area contributed by atoms with E-state index in [1.807, 2.05) is 48.5 Å². The van der Waals surface area contributed by atoms with Crippen LogP contribution in [0.15, 0.2) is 72.8 Å². The van der Waals surface area contributed by atoms with Gasteiger partial charge < -0.3 is 19.5 Å². The Labute approximate surface area is 252 Å². The number of carbonyl (C=O) groups excluding carboxylic acids is 2. The van der Waals surface area contributed by atoms with Gasteiger partial charge in [-0.2, -0.15) is 0 Å². The van der Waals surface area contributed by atoms with Crippen molar-refractivity contribution in [2.75, 3.05) is 19.1 Å². The van der Waals surface area contributed by atoms with Crippen LogP contribution in [0.2, 0.25) is 15.1 Å². The van der Waals surface area contributed by atoms with Crippen molar-refractivity contribution in [2.24, 2.45) is 0 Å². The zero-order valence-electron chi connectivity index (χ0n) is 22.2. The van der Waals surface area contributed by atoms with Gasteiger partial charge in [0.15, 0.2) is 0 Å². The summed E-state index contributed by atoms with van der Waals surface area (Å²) in [5, 5.41) is 10.8. The van der Waals surface area contributed by atoms with Gasteiger partial charge in [0, 0.05) is 22.7 Å². The van der Waals surface area contributed by atoms with Gasteiger partial charge in [-0.25, -0.2) is 9.59 Å². The van der Waals surface area contributed by atoms with E-state index >= 15 is 0 Å². The van der Waals surface area contributed by atoms with Gasteiger partial charge in [0.05, 0.1) is 54.4 Å². The Kier molecular flexibility index (Phi) is 8.42. The van der Waals surface area contributed by atoms with Crippen LogP contribution < -0.4 is 9.64 Å². The molecule has 2 amide bonds. The van der Waals surface area contributed by atoms with E-state index in [1.165, 1.54) is 24.1 Å². The summed E-state index contributed by atoms with van der Waals surface area (Å²) in [5.74, 6) is 0.0860. The number of esters is 1. The van der Waals surface area contributed by atoms with Crippen molar-refractivity contribution in [3.63, 3.8) is 0 Å².